The van der Waals surface area contributed by atoms with E-state index >= 15 is 0 Å². The fourth-order valence-corrected chi connectivity index (χ4v) is 2.61. The lowest BCUT2D eigenvalue weighted by Gasteiger charge is -2.28. The largest absolute Gasteiger partial charge is 0.355 e. The number of likely N-dealkylation sites (N-methyl/N-ethyl adjacent to an activating group) is 1. The lowest BCUT2D eigenvalue weighted by atomic mass is 9.80. The third-order valence-corrected chi connectivity index (χ3v) is 3.56. The second kappa shape index (κ2) is 7.66. The molecule has 1 rings (SSSR count). The molecule has 1 aliphatic carbocycles. The summed E-state index contributed by atoms with van der Waals surface area (Å²) in [5.41, 5.74) is 0. The number of carbonyl (C=O) groups is 1. The first-order valence-corrected chi connectivity index (χ1v) is 6.73. The van der Waals surface area contributed by atoms with Gasteiger partial charge in [-0.25, -0.2) is 0 Å². The van der Waals surface area contributed by atoms with Crippen LogP contribution >= 0.6 is 0 Å². The van der Waals surface area contributed by atoms with E-state index in [1.807, 2.05) is 6.92 Å². The van der Waals surface area contributed by atoms with Gasteiger partial charge in [0.25, 0.3) is 0 Å². The predicted molar refractivity (Wildman–Crippen MR) is 67.3 cm³/mol. The lowest BCUT2D eigenvalue weighted by molar-refractivity contribution is -0.120. The number of amides is 1. The van der Waals surface area contributed by atoms with Crippen molar-refractivity contribution in [2.24, 2.45) is 11.8 Å². The monoisotopic (exact) mass is 226 g/mol. The maximum Gasteiger partial charge on any atom is 0.233 e. The Labute approximate surface area is 99.4 Å². The molecule has 0 radical (unpaired) electrons. The van der Waals surface area contributed by atoms with Gasteiger partial charge in [-0.3, -0.25) is 4.79 Å². The third kappa shape index (κ3) is 4.97. The molecule has 1 amide bonds. The van der Waals surface area contributed by atoms with E-state index in [1.54, 1.807) is 0 Å². The highest BCUT2D eigenvalue weighted by atomic mass is 16.1. The van der Waals surface area contributed by atoms with Gasteiger partial charge >= 0.3 is 0 Å². The molecule has 2 N–H and O–H groups in total. The molecular formula is C13H26N2O. The van der Waals surface area contributed by atoms with Gasteiger partial charge in [-0.1, -0.05) is 26.2 Å². The second-order valence-corrected chi connectivity index (χ2v) is 4.89. The van der Waals surface area contributed by atoms with Gasteiger partial charge < -0.3 is 10.6 Å². The molecule has 2 unspecified atom stereocenters. The number of carbonyl (C=O) groups excluding carboxylic acids is 1. The predicted octanol–water partition coefficient (Wildman–Crippen LogP) is 1.93. The van der Waals surface area contributed by atoms with E-state index in [9.17, 15) is 4.79 Å². The summed E-state index contributed by atoms with van der Waals surface area (Å²) in [4.78, 5) is 11.2. The zero-order chi connectivity index (χ0) is 11.8. The van der Waals surface area contributed by atoms with Crippen LogP contribution in [0.4, 0.5) is 0 Å². The fraction of sp³-hybridized carbons (Fsp3) is 0.923. The van der Waals surface area contributed by atoms with Gasteiger partial charge in [0.15, 0.2) is 0 Å². The van der Waals surface area contributed by atoms with Crippen molar-refractivity contribution in [3.8, 4) is 0 Å². The van der Waals surface area contributed by atoms with Crippen molar-refractivity contribution in [2.45, 2.75) is 46.0 Å². The summed E-state index contributed by atoms with van der Waals surface area (Å²) in [7, 11) is 0. The third-order valence-electron chi connectivity index (χ3n) is 3.56. The van der Waals surface area contributed by atoms with Crippen molar-refractivity contribution in [3.63, 3.8) is 0 Å². The molecule has 3 heteroatoms. The minimum atomic E-state index is 0.116. The van der Waals surface area contributed by atoms with Crippen LogP contribution in [-0.2, 0) is 4.79 Å². The SMILES string of the molecule is CCNC(=O)CNCC1CCCC(CC)C1. The Morgan fingerprint density at radius 1 is 1.25 bits per heavy atom. The molecule has 0 spiro atoms. The molecule has 2 atom stereocenters. The zero-order valence-corrected chi connectivity index (χ0v) is 10.7. The summed E-state index contributed by atoms with van der Waals surface area (Å²) in [6.07, 6.45) is 6.76. The molecule has 0 saturated heterocycles. The Bertz CT molecular complexity index is 206. The first-order chi connectivity index (χ1) is 7.76. The maximum absolute atomic E-state index is 11.2. The van der Waals surface area contributed by atoms with E-state index in [1.165, 1.54) is 32.1 Å². The van der Waals surface area contributed by atoms with Crippen LogP contribution in [0.1, 0.15) is 46.0 Å². The molecule has 0 aromatic heterocycles. The van der Waals surface area contributed by atoms with Crippen LogP contribution in [0.5, 0.6) is 0 Å². The number of hydrogen-bond donors (Lipinski definition) is 2. The molecular weight excluding hydrogens is 200 g/mol. The van der Waals surface area contributed by atoms with Crippen LogP contribution in [0.25, 0.3) is 0 Å². The highest BCUT2D eigenvalue weighted by Gasteiger charge is 2.20. The molecule has 0 heterocycles. The first-order valence-electron chi connectivity index (χ1n) is 6.73. The van der Waals surface area contributed by atoms with Crippen LogP contribution in [0.2, 0.25) is 0 Å². The standard InChI is InChI=1S/C13H26N2O/c1-3-11-6-5-7-12(8-11)9-14-10-13(16)15-4-2/h11-12,14H,3-10H2,1-2H3,(H,15,16). The Kier molecular flexibility index (Phi) is 6.46. The molecule has 0 aromatic carbocycles. The van der Waals surface area contributed by atoms with Gasteiger partial charge in [0.1, 0.15) is 0 Å². The van der Waals surface area contributed by atoms with Crippen molar-refractivity contribution < 1.29 is 4.79 Å². The summed E-state index contributed by atoms with van der Waals surface area (Å²) in [6.45, 7) is 6.44. The van der Waals surface area contributed by atoms with Crippen molar-refractivity contribution in [1.82, 2.24) is 10.6 Å². The van der Waals surface area contributed by atoms with E-state index in [0.717, 1.165) is 24.9 Å². The van der Waals surface area contributed by atoms with Crippen LogP contribution in [-0.4, -0.2) is 25.5 Å². The summed E-state index contributed by atoms with van der Waals surface area (Å²) in [5, 5.41) is 6.07. The highest BCUT2D eigenvalue weighted by molar-refractivity contribution is 5.77. The summed E-state index contributed by atoms with van der Waals surface area (Å²) in [5.74, 6) is 1.82. The quantitative estimate of drug-likeness (QED) is 0.726. The first kappa shape index (κ1) is 13.5. The second-order valence-electron chi connectivity index (χ2n) is 4.89. The van der Waals surface area contributed by atoms with Gasteiger partial charge in [-0.05, 0) is 38.1 Å². The van der Waals surface area contributed by atoms with Crippen LogP contribution in [0.3, 0.4) is 0 Å². The van der Waals surface area contributed by atoms with E-state index in [4.69, 9.17) is 0 Å². The van der Waals surface area contributed by atoms with Crippen LogP contribution in [0.15, 0.2) is 0 Å². The molecule has 1 fully saturated rings. The lowest BCUT2D eigenvalue weighted by Crippen LogP contribution is -2.36. The Balaban J connectivity index is 2.10. The van der Waals surface area contributed by atoms with Crippen molar-refractivity contribution >= 4 is 5.91 Å². The summed E-state index contributed by atoms with van der Waals surface area (Å²) < 4.78 is 0. The molecule has 0 aromatic rings. The van der Waals surface area contributed by atoms with Crippen LogP contribution < -0.4 is 10.6 Å². The van der Waals surface area contributed by atoms with Gasteiger partial charge in [-0.2, -0.15) is 0 Å². The molecule has 1 aliphatic rings. The van der Waals surface area contributed by atoms with Crippen LogP contribution in [0, 0.1) is 11.8 Å². The maximum atomic E-state index is 11.2. The normalized spacial score (nSPS) is 25.4. The average Bonchev–Trinajstić information content (AvgIpc) is 2.30. The van der Waals surface area contributed by atoms with E-state index in [-0.39, 0.29) is 5.91 Å². The number of nitrogens with one attached hydrogen (secondary N) is 2. The Hall–Kier alpha value is -0.570. The molecule has 1 saturated carbocycles. The Morgan fingerprint density at radius 3 is 2.69 bits per heavy atom. The smallest absolute Gasteiger partial charge is 0.233 e. The van der Waals surface area contributed by atoms with E-state index in [2.05, 4.69) is 17.6 Å². The van der Waals surface area contributed by atoms with Gasteiger partial charge in [-0.15, -0.1) is 0 Å². The Morgan fingerprint density at radius 2 is 2.00 bits per heavy atom. The number of rotatable bonds is 6. The average molecular weight is 226 g/mol. The van der Waals surface area contributed by atoms with Gasteiger partial charge in [0.05, 0.1) is 6.54 Å². The molecule has 3 nitrogen and oxygen atoms in total. The number of hydrogen-bond acceptors (Lipinski definition) is 2. The van der Waals surface area contributed by atoms with E-state index < -0.39 is 0 Å². The molecule has 94 valence electrons. The zero-order valence-electron chi connectivity index (χ0n) is 10.7. The molecule has 0 aliphatic heterocycles. The topological polar surface area (TPSA) is 41.1 Å². The summed E-state index contributed by atoms with van der Waals surface area (Å²) >= 11 is 0. The van der Waals surface area contributed by atoms with Gasteiger partial charge in [0.2, 0.25) is 5.91 Å². The van der Waals surface area contributed by atoms with Gasteiger partial charge in [0, 0.05) is 6.54 Å². The van der Waals surface area contributed by atoms with Crippen molar-refractivity contribution in [3.05, 3.63) is 0 Å². The highest BCUT2D eigenvalue weighted by Crippen LogP contribution is 2.30. The summed E-state index contributed by atoms with van der Waals surface area (Å²) in [6, 6.07) is 0. The van der Waals surface area contributed by atoms with E-state index in [0.29, 0.717) is 6.54 Å². The van der Waals surface area contributed by atoms with Crippen molar-refractivity contribution in [1.29, 1.82) is 0 Å². The fourth-order valence-electron chi connectivity index (χ4n) is 2.61. The minimum Gasteiger partial charge on any atom is -0.355 e. The van der Waals surface area contributed by atoms with Crippen molar-refractivity contribution in [2.75, 3.05) is 19.6 Å². The molecule has 0 bridgehead atoms. The minimum absolute atomic E-state index is 0.116. The molecule has 16 heavy (non-hydrogen) atoms.